The highest BCUT2D eigenvalue weighted by molar-refractivity contribution is 6.04. The summed E-state index contributed by atoms with van der Waals surface area (Å²) in [6.07, 6.45) is 1.69. The molecule has 3 heteroatoms. The van der Waals surface area contributed by atoms with Crippen LogP contribution in [0.1, 0.15) is 15.9 Å². The van der Waals surface area contributed by atoms with Crippen molar-refractivity contribution in [3.8, 4) is 0 Å². The molecule has 0 bridgehead atoms. The van der Waals surface area contributed by atoms with Crippen LogP contribution in [0.2, 0.25) is 0 Å². The lowest BCUT2D eigenvalue weighted by Gasteiger charge is -2.06. The molecule has 1 heterocycles. The van der Waals surface area contributed by atoms with Crippen molar-refractivity contribution in [1.29, 1.82) is 0 Å². The van der Waals surface area contributed by atoms with E-state index < -0.39 is 0 Å². The first-order valence-corrected chi connectivity index (χ1v) is 4.66. The molecule has 2 aromatic rings. The SMILES string of the molecule is COC(=O)c1c(C)cnc2ccccc12. The van der Waals surface area contributed by atoms with E-state index in [-0.39, 0.29) is 5.97 Å². The standard InChI is InChI=1S/C12H11NO2/c1-8-7-13-10-6-4-3-5-9(10)11(8)12(14)15-2/h3-7H,1-2H3. The molecular weight excluding hydrogens is 190 g/mol. The minimum Gasteiger partial charge on any atom is -0.465 e. The van der Waals surface area contributed by atoms with Gasteiger partial charge in [-0.05, 0) is 18.6 Å². The lowest BCUT2D eigenvalue weighted by Crippen LogP contribution is -2.05. The number of ether oxygens (including phenoxy) is 1. The zero-order valence-electron chi connectivity index (χ0n) is 8.65. The molecule has 3 nitrogen and oxygen atoms in total. The smallest absolute Gasteiger partial charge is 0.338 e. The van der Waals surface area contributed by atoms with Gasteiger partial charge in [0.1, 0.15) is 0 Å². The third-order valence-corrected chi connectivity index (χ3v) is 2.35. The van der Waals surface area contributed by atoms with Gasteiger partial charge < -0.3 is 4.74 Å². The molecule has 0 N–H and O–H groups in total. The Morgan fingerprint density at radius 2 is 2.07 bits per heavy atom. The first kappa shape index (κ1) is 9.65. The van der Waals surface area contributed by atoms with E-state index in [1.807, 2.05) is 31.2 Å². The van der Waals surface area contributed by atoms with Crippen LogP contribution in [0.25, 0.3) is 10.9 Å². The fourth-order valence-corrected chi connectivity index (χ4v) is 1.61. The molecule has 0 atom stereocenters. The van der Waals surface area contributed by atoms with Gasteiger partial charge in [0.05, 0.1) is 18.2 Å². The third kappa shape index (κ3) is 1.56. The molecule has 0 amide bonds. The second kappa shape index (κ2) is 3.69. The van der Waals surface area contributed by atoms with E-state index in [0.29, 0.717) is 5.56 Å². The lowest BCUT2D eigenvalue weighted by atomic mass is 10.1. The Labute approximate surface area is 87.7 Å². The number of carbonyl (C=O) groups is 1. The summed E-state index contributed by atoms with van der Waals surface area (Å²) in [5.41, 5.74) is 2.24. The highest BCUT2D eigenvalue weighted by Gasteiger charge is 2.13. The molecule has 1 aromatic heterocycles. The quantitative estimate of drug-likeness (QED) is 0.665. The van der Waals surface area contributed by atoms with Crippen LogP contribution in [0.5, 0.6) is 0 Å². The number of para-hydroxylation sites is 1. The second-order valence-corrected chi connectivity index (χ2v) is 3.32. The van der Waals surface area contributed by atoms with Crippen LogP contribution >= 0.6 is 0 Å². The predicted octanol–water partition coefficient (Wildman–Crippen LogP) is 2.33. The zero-order chi connectivity index (χ0) is 10.8. The number of pyridine rings is 1. The zero-order valence-corrected chi connectivity index (χ0v) is 8.65. The van der Waals surface area contributed by atoms with Crippen LogP contribution < -0.4 is 0 Å². The fourth-order valence-electron chi connectivity index (χ4n) is 1.61. The van der Waals surface area contributed by atoms with Crippen LogP contribution in [0.4, 0.5) is 0 Å². The van der Waals surface area contributed by atoms with E-state index in [4.69, 9.17) is 4.74 Å². The van der Waals surface area contributed by atoms with Gasteiger partial charge in [0.2, 0.25) is 0 Å². The maximum absolute atomic E-state index is 11.6. The second-order valence-electron chi connectivity index (χ2n) is 3.32. The molecule has 0 saturated carbocycles. The average Bonchev–Trinajstić information content (AvgIpc) is 2.28. The summed E-state index contributed by atoms with van der Waals surface area (Å²) < 4.78 is 4.76. The van der Waals surface area contributed by atoms with Gasteiger partial charge in [-0.1, -0.05) is 18.2 Å². The number of fused-ring (bicyclic) bond motifs is 1. The minimum absolute atomic E-state index is 0.314. The van der Waals surface area contributed by atoms with Gasteiger partial charge in [-0.25, -0.2) is 4.79 Å². The summed E-state index contributed by atoms with van der Waals surface area (Å²) in [7, 11) is 1.39. The van der Waals surface area contributed by atoms with E-state index >= 15 is 0 Å². The summed E-state index contributed by atoms with van der Waals surface area (Å²) in [5.74, 6) is -0.314. The number of nitrogens with zero attached hydrogens (tertiary/aromatic N) is 1. The Bertz CT molecular complexity index is 520. The summed E-state index contributed by atoms with van der Waals surface area (Å²) in [6.45, 7) is 1.85. The van der Waals surface area contributed by atoms with Crippen LogP contribution in [-0.2, 0) is 4.74 Å². The lowest BCUT2D eigenvalue weighted by molar-refractivity contribution is 0.0602. The van der Waals surface area contributed by atoms with Crippen LogP contribution in [0.3, 0.4) is 0 Å². The molecule has 0 fully saturated rings. The number of methoxy groups -OCH3 is 1. The average molecular weight is 201 g/mol. The third-order valence-electron chi connectivity index (χ3n) is 2.35. The molecule has 1 aromatic carbocycles. The van der Waals surface area contributed by atoms with Gasteiger partial charge in [0, 0.05) is 11.6 Å². The number of esters is 1. The van der Waals surface area contributed by atoms with E-state index in [9.17, 15) is 4.79 Å². The summed E-state index contributed by atoms with van der Waals surface area (Å²) in [5, 5.41) is 0.837. The monoisotopic (exact) mass is 201 g/mol. The summed E-state index contributed by atoms with van der Waals surface area (Å²) in [6, 6.07) is 7.53. The number of aromatic nitrogens is 1. The summed E-state index contributed by atoms with van der Waals surface area (Å²) >= 11 is 0. The minimum atomic E-state index is -0.314. The van der Waals surface area contributed by atoms with E-state index in [0.717, 1.165) is 16.5 Å². The van der Waals surface area contributed by atoms with Crippen molar-refractivity contribution in [2.45, 2.75) is 6.92 Å². The largest absolute Gasteiger partial charge is 0.465 e. The number of aryl methyl sites for hydroxylation is 1. The molecule has 0 aliphatic rings. The molecule has 76 valence electrons. The van der Waals surface area contributed by atoms with Crippen molar-refractivity contribution in [1.82, 2.24) is 4.98 Å². The van der Waals surface area contributed by atoms with Crippen molar-refractivity contribution < 1.29 is 9.53 Å². The highest BCUT2D eigenvalue weighted by Crippen LogP contribution is 2.20. The fraction of sp³-hybridized carbons (Fsp3) is 0.167. The van der Waals surface area contributed by atoms with Gasteiger partial charge in [-0.15, -0.1) is 0 Å². The molecule has 15 heavy (non-hydrogen) atoms. The van der Waals surface area contributed by atoms with Crippen molar-refractivity contribution in [2.75, 3.05) is 7.11 Å². The first-order chi connectivity index (χ1) is 7.24. The molecule has 0 aliphatic heterocycles. The number of rotatable bonds is 1. The Hall–Kier alpha value is -1.90. The Balaban J connectivity index is 2.79. The first-order valence-electron chi connectivity index (χ1n) is 4.66. The Morgan fingerprint density at radius 3 is 2.80 bits per heavy atom. The maximum atomic E-state index is 11.6. The molecule has 0 radical (unpaired) electrons. The number of benzene rings is 1. The molecule has 0 saturated heterocycles. The number of hydrogen-bond acceptors (Lipinski definition) is 3. The maximum Gasteiger partial charge on any atom is 0.338 e. The predicted molar refractivity (Wildman–Crippen MR) is 57.8 cm³/mol. The van der Waals surface area contributed by atoms with Gasteiger partial charge >= 0.3 is 5.97 Å². The number of hydrogen-bond donors (Lipinski definition) is 0. The highest BCUT2D eigenvalue weighted by atomic mass is 16.5. The van der Waals surface area contributed by atoms with Crippen molar-refractivity contribution in [2.24, 2.45) is 0 Å². The van der Waals surface area contributed by atoms with Crippen LogP contribution in [0.15, 0.2) is 30.5 Å². The van der Waals surface area contributed by atoms with E-state index in [1.165, 1.54) is 7.11 Å². The topological polar surface area (TPSA) is 39.2 Å². The van der Waals surface area contributed by atoms with E-state index in [1.54, 1.807) is 6.20 Å². The normalized spacial score (nSPS) is 10.3. The Kier molecular flexibility index (Phi) is 2.37. The molecule has 0 spiro atoms. The van der Waals surface area contributed by atoms with Crippen molar-refractivity contribution >= 4 is 16.9 Å². The van der Waals surface area contributed by atoms with Crippen molar-refractivity contribution in [3.63, 3.8) is 0 Å². The van der Waals surface area contributed by atoms with Gasteiger partial charge in [0.25, 0.3) is 0 Å². The summed E-state index contributed by atoms with van der Waals surface area (Å²) in [4.78, 5) is 15.8. The van der Waals surface area contributed by atoms with Gasteiger partial charge in [-0.2, -0.15) is 0 Å². The van der Waals surface area contributed by atoms with Crippen LogP contribution in [0, 0.1) is 6.92 Å². The molecular formula is C12H11NO2. The Morgan fingerprint density at radius 1 is 1.33 bits per heavy atom. The molecule has 0 unspecified atom stereocenters. The van der Waals surface area contributed by atoms with Gasteiger partial charge in [-0.3, -0.25) is 4.98 Å². The molecule has 2 rings (SSSR count). The van der Waals surface area contributed by atoms with Gasteiger partial charge in [0.15, 0.2) is 0 Å². The number of carbonyl (C=O) groups excluding carboxylic acids is 1. The molecule has 0 aliphatic carbocycles. The van der Waals surface area contributed by atoms with Crippen LogP contribution in [-0.4, -0.2) is 18.1 Å². The van der Waals surface area contributed by atoms with E-state index in [2.05, 4.69) is 4.98 Å². The van der Waals surface area contributed by atoms with Crippen molar-refractivity contribution in [3.05, 3.63) is 41.6 Å².